The van der Waals surface area contributed by atoms with Gasteiger partial charge in [-0.05, 0) is 58.8 Å². The van der Waals surface area contributed by atoms with Crippen LogP contribution in [0, 0.1) is 11.6 Å². The van der Waals surface area contributed by atoms with Crippen LogP contribution in [0.2, 0.25) is 0 Å². The molecule has 4 rings (SSSR count). The maximum Gasteiger partial charge on any atom is 0.414 e. The minimum absolute atomic E-state index is 0.0110. The second-order valence-electron chi connectivity index (χ2n) is 7.61. The number of hydrogen-bond acceptors (Lipinski definition) is 2. The zero-order chi connectivity index (χ0) is 21.8. The summed E-state index contributed by atoms with van der Waals surface area (Å²) in [6, 6.07) is 20.0. The van der Waals surface area contributed by atoms with Crippen LogP contribution in [0.3, 0.4) is 0 Å². The highest BCUT2D eigenvalue weighted by Gasteiger charge is 2.36. The van der Waals surface area contributed by atoms with Crippen molar-refractivity contribution in [3.63, 3.8) is 0 Å². The van der Waals surface area contributed by atoms with Crippen molar-refractivity contribution in [1.29, 1.82) is 0 Å². The Morgan fingerprint density at radius 3 is 2.35 bits per heavy atom. The topological polar surface area (TPSA) is 29.5 Å². The zero-order valence-electron chi connectivity index (χ0n) is 16.9. The Labute approximate surface area is 188 Å². The highest BCUT2D eigenvalue weighted by atomic mass is 79.9. The van der Waals surface area contributed by atoms with Crippen molar-refractivity contribution in [2.24, 2.45) is 0 Å². The van der Waals surface area contributed by atoms with Gasteiger partial charge in [-0.2, -0.15) is 0 Å². The molecular formula is C25H22BrF2NO2. The zero-order valence-corrected chi connectivity index (χ0v) is 18.4. The van der Waals surface area contributed by atoms with Crippen LogP contribution in [-0.2, 0) is 24.2 Å². The molecule has 6 heteroatoms. The van der Waals surface area contributed by atoms with Crippen LogP contribution in [0.4, 0.5) is 19.3 Å². The van der Waals surface area contributed by atoms with Gasteiger partial charge in [-0.15, -0.1) is 0 Å². The van der Waals surface area contributed by atoms with Gasteiger partial charge in [0, 0.05) is 11.6 Å². The van der Waals surface area contributed by atoms with Crippen molar-refractivity contribution < 1.29 is 18.3 Å². The molecule has 0 saturated heterocycles. The molecule has 1 aliphatic rings. The maximum absolute atomic E-state index is 15.0. The van der Waals surface area contributed by atoms with Crippen molar-refractivity contribution in [1.82, 2.24) is 0 Å². The number of benzene rings is 3. The second kappa shape index (κ2) is 9.60. The highest BCUT2D eigenvalue weighted by molar-refractivity contribution is 9.10. The standard InChI is InChI=1S/C25H22BrF2NO2/c26-21-15-22(27)24-20(23(21)28)14-13-19(12-11-17-7-3-1-4-8-17)29(24)25(30)31-16-18-9-5-2-6-10-18/h1-10,15,19H,11-14,16H2. The predicted molar refractivity (Wildman–Crippen MR) is 120 cm³/mol. The molecule has 31 heavy (non-hydrogen) atoms. The van der Waals surface area contributed by atoms with Gasteiger partial charge in [-0.1, -0.05) is 60.7 Å². The van der Waals surface area contributed by atoms with Crippen LogP contribution in [-0.4, -0.2) is 12.1 Å². The molecule has 0 saturated carbocycles. The molecule has 1 atom stereocenters. The first-order valence-electron chi connectivity index (χ1n) is 10.2. The van der Waals surface area contributed by atoms with E-state index in [2.05, 4.69) is 15.9 Å². The van der Waals surface area contributed by atoms with Gasteiger partial charge in [0.25, 0.3) is 0 Å². The summed E-state index contributed by atoms with van der Waals surface area (Å²) in [5.74, 6) is -1.16. The lowest BCUT2D eigenvalue weighted by Crippen LogP contribution is -2.45. The van der Waals surface area contributed by atoms with Gasteiger partial charge in [-0.25, -0.2) is 13.6 Å². The lowest BCUT2D eigenvalue weighted by molar-refractivity contribution is 0.142. The number of aryl methyl sites for hydroxylation is 1. The fourth-order valence-corrected chi connectivity index (χ4v) is 4.47. The van der Waals surface area contributed by atoms with E-state index >= 15 is 0 Å². The molecule has 3 nitrogen and oxygen atoms in total. The minimum Gasteiger partial charge on any atom is -0.444 e. The van der Waals surface area contributed by atoms with E-state index in [-0.39, 0.29) is 28.4 Å². The molecule has 0 radical (unpaired) electrons. The van der Waals surface area contributed by atoms with E-state index in [1.807, 2.05) is 60.7 Å². The first kappa shape index (κ1) is 21.5. The lowest BCUT2D eigenvalue weighted by atomic mass is 9.91. The smallest absolute Gasteiger partial charge is 0.414 e. The van der Waals surface area contributed by atoms with Gasteiger partial charge in [0.1, 0.15) is 18.2 Å². The molecule has 1 heterocycles. The molecule has 1 unspecified atom stereocenters. The maximum atomic E-state index is 15.0. The van der Waals surface area contributed by atoms with Gasteiger partial charge in [0.15, 0.2) is 0 Å². The van der Waals surface area contributed by atoms with Crippen molar-refractivity contribution in [3.05, 3.63) is 99.5 Å². The predicted octanol–water partition coefficient (Wildman–Crippen LogP) is 6.82. The number of ether oxygens (including phenoxy) is 1. The lowest BCUT2D eigenvalue weighted by Gasteiger charge is -2.37. The molecule has 0 aromatic heterocycles. The van der Waals surface area contributed by atoms with Crippen molar-refractivity contribution in [3.8, 4) is 0 Å². The molecule has 0 bridgehead atoms. The summed E-state index contributed by atoms with van der Waals surface area (Å²) in [7, 11) is 0. The number of halogens is 3. The van der Waals surface area contributed by atoms with Crippen molar-refractivity contribution in [2.45, 2.75) is 38.3 Å². The first-order valence-corrected chi connectivity index (χ1v) is 11.0. The van der Waals surface area contributed by atoms with Crippen LogP contribution >= 0.6 is 15.9 Å². The summed E-state index contributed by atoms with van der Waals surface area (Å²) >= 11 is 3.07. The number of anilines is 1. The van der Waals surface area contributed by atoms with E-state index in [4.69, 9.17) is 4.74 Å². The molecule has 0 fully saturated rings. The molecule has 0 N–H and O–H groups in total. The Morgan fingerprint density at radius 1 is 1.03 bits per heavy atom. The number of carbonyl (C=O) groups excluding carboxylic acids is 1. The van der Waals surface area contributed by atoms with Crippen LogP contribution in [0.25, 0.3) is 0 Å². The Hall–Kier alpha value is -2.73. The number of rotatable bonds is 5. The average molecular weight is 486 g/mol. The van der Waals surface area contributed by atoms with Crippen molar-refractivity contribution >= 4 is 27.7 Å². The average Bonchev–Trinajstić information content (AvgIpc) is 2.80. The molecular weight excluding hydrogens is 464 g/mol. The van der Waals surface area contributed by atoms with Crippen LogP contribution in [0.15, 0.2) is 71.2 Å². The van der Waals surface area contributed by atoms with Gasteiger partial charge in [0.05, 0.1) is 10.2 Å². The van der Waals surface area contributed by atoms with Gasteiger partial charge < -0.3 is 4.74 Å². The van der Waals surface area contributed by atoms with E-state index < -0.39 is 17.7 Å². The summed E-state index contributed by atoms with van der Waals surface area (Å²) in [6.45, 7) is 0.0670. The third-order valence-corrected chi connectivity index (χ3v) is 6.16. The second-order valence-corrected chi connectivity index (χ2v) is 8.46. The van der Waals surface area contributed by atoms with Gasteiger partial charge in [-0.3, -0.25) is 4.90 Å². The Balaban J connectivity index is 1.61. The van der Waals surface area contributed by atoms with Crippen LogP contribution in [0.5, 0.6) is 0 Å². The summed E-state index contributed by atoms with van der Waals surface area (Å²) in [4.78, 5) is 14.4. The molecule has 1 aliphatic heterocycles. The summed E-state index contributed by atoms with van der Waals surface area (Å²) in [6.07, 6.45) is 1.58. The Morgan fingerprint density at radius 2 is 1.68 bits per heavy atom. The fourth-order valence-electron chi connectivity index (χ4n) is 4.03. The summed E-state index contributed by atoms with van der Waals surface area (Å²) in [5, 5.41) is 0. The van der Waals surface area contributed by atoms with E-state index in [9.17, 15) is 13.6 Å². The largest absolute Gasteiger partial charge is 0.444 e. The molecule has 1 amide bonds. The van der Waals surface area contributed by atoms with Crippen molar-refractivity contribution in [2.75, 3.05) is 4.90 Å². The number of fused-ring (bicyclic) bond motifs is 1. The highest BCUT2D eigenvalue weighted by Crippen LogP contribution is 2.39. The van der Waals surface area contributed by atoms with Gasteiger partial charge in [0.2, 0.25) is 0 Å². The van der Waals surface area contributed by atoms with Crippen LogP contribution < -0.4 is 4.90 Å². The third-order valence-electron chi connectivity index (χ3n) is 5.58. The molecule has 0 spiro atoms. The normalized spacial score (nSPS) is 15.5. The molecule has 3 aromatic rings. The number of nitrogens with zero attached hydrogens (tertiary/aromatic N) is 1. The number of carbonyl (C=O) groups is 1. The summed E-state index contributed by atoms with van der Waals surface area (Å²) in [5.41, 5.74) is 2.16. The molecule has 160 valence electrons. The first-order chi connectivity index (χ1) is 15.0. The Kier molecular flexibility index (Phi) is 6.66. The fraction of sp³-hybridized carbons (Fsp3) is 0.240. The number of hydrogen-bond donors (Lipinski definition) is 0. The van der Waals surface area contributed by atoms with E-state index in [1.165, 1.54) is 4.90 Å². The third kappa shape index (κ3) is 4.79. The van der Waals surface area contributed by atoms with Gasteiger partial charge >= 0.3 is 6.09 Å². The quantitative estimate of drug-likeness (QED) is 0.371. The van der Waals surface area contributed by atoms with E-state index in [1.54, 1.807) is 0 Å². The minimum atomic E-state index is -0.663. The monoisotopic (exact) mass is 485 g/mol. The molecule has 0 aliphatic carbocycles. The number of amides is 1. The van der Waals surface area contributed by atoms with E-state index in [0.29, 0.717) is 19.3 Å². The Bertz CT molecular complexity index is 1060. The SMILES string of the molecule is O=C(OCc1ccccc1)N1c2c(F)cc(Br)c(F)c2CCC1CCc1ccccc1. The summed E-state index contributed by atoms with van der Waals surface area (Å²) < 4.78 is 35.3. The molecule has 3 aromatic carbocycles. The van der Waals surface area contributed by atoms with E-state index in [0.717, 1.165) is 23.6 Å². The van der Waals surface area contributed by atoms with Crippen LogP contribution in [0.1, 0.15) is 29.5 Å².